The van der Waals surface area contributed by atoms with Crippen molar-refractivity contribution < 1.29 is 0 Å². The maximum absolute atomic E-state index is 6.01. The largest absolute Gasteiger partial charge is 0.319 e. The van der Waals surface area contributed by atoms with Crippen molar-refractivity contribution in [2.45, 2.75) is 65.0 Å². The van der Waals surface area contributed by atoms with Gasteiger partial charge in [0.1, 0.15) is 17.4 Å². The van der Waals surface area contributed by atoms with Crippen LogP contribution < -0.4 is 10.2 Å². The first-order valence-electron chi connectivity index (χ1n) is 13.1. The molecule has 1 aliphatic carbocycles. The molecule has 1 heterocycles. The molecule has 1 saturated carbocycles. The number of aliphatic imine (C=N–C) groups is 1. The first-order chi connectivity index (χ1) is 17.3. The SMILES string of the molecule is Cc1ccc(N2C(=S)NC(=NC(c3ccccc3)c3ccccc3)C23CCC(C(C)(C)C)CC3)cc1. The van der Waals surface area contributed by atoms with Crippen LogP contribution in [-0.2, 0) is 0 Å². The molecule has 1 spiro atoms. The molecule has 3 nitrogen and oxygen atoms in total. The fourth-order valence-electron chi connectivity index (χ4n) is 5.95. The van der Waals surface area contributed by atoms with E-state index in [1.54, 1.807) is 0 Å². The van der Waals surface area contributed by atoms with Crippen LogP contribution in [0, 0.1) is 18.3 Å². The predicted octanol–water partition coefficient (Wildman–Crippen LogP) is 7.85. The van der Waals surface area contributed by atoms with Gasteiger partial charge in [0.2, 0.25) is 0 Å². The lowest BCUT2D eigenvalue weighted by molar-refractivity contribution is 0.158. The Morgan fingerprint density at radius 1 is 0.861 bits per heavy atom. The average molecular weight is 496 g/mol. The molecule has 0 aromatic heterocycles. The van der Waals surface area contributed by atoms with E-state index in [1.165, 1.54) is 16.7 Å². The number of benzene rings is 3. The molecule has 1 N–H and O–H groups in total. The normalized spacial score (nSPS) is 23.5. The van der Waals surface area contributed by atoms with E-state index in [2.05, 4.69) is 123 Å². The third-order valence-corrected chi connectivity index (χ3v) is 8.40. The van der Waals surface area contributed by atoms with Crippen molar-refractivity contribution in [1.29, 1.82) is 0 Å². The minimum absolute atomic E-state index is 0.0899. The molecule has 5 rings (SSSR count). The molecule has 0 atom stereocenters. The van der Waals surface area contributed by atoms with E-state index in [-0.39, 0.29) is 11.6 Å². The Hall–Kier alpha value is -2.98. The van der Waals surface area contributed by atoms with Crippen LogP contribution in [0.15, 0.2) is 89.9 Å². The lowest BCUT2D eigenvalue weighted by Gasteiger charge is -2.46. The van der Waals surface area contributed by atoms with E-state index in [9.17, 15) is 0 Å². The summed E-state index contributed by atoms with van der Waals surface area (Å²) < 4.78 is 0. The van der Waals surface area contributed by atoms with Crippen molar-refractivity contribution in [3.8, 4) is 0 Å². The Morgan fingerprint density at radius 3 is 1.89 bits per heavy atom. The molecule has 3 aromatic carbocycles. The van der Waals surface area contributed by atoms with E-state index in [1.807, 2.05) is 0 Å². The summed E-state index contributed by atoms with van der Waals surface area (Å²) in [4.78, 5) is 7.87. The smallest absolute Gasteiger partial charge is 0.179 e. The highest BCUT2D eigenvalue weighted by Crippen LogP contribution is 2.47. The van der Waals surface area contributed by atoms with Crippen molar-refractivity contribution in [3.05, 3.63) is 102 Å². The predicted molar refractivity (Wildman–Crippen MR) is 156 cm³/mol. The second kappa shape index (κ2) is 9.82. The number of thiocarbonyl (C=S) groups is 1. The topological polar surface area (TPSA) is 27.6 Å². The van der Waals surface area contributed by atoms with Crippen LogP contribution in [0.4, 0.5) is 5.69 Å². The summed E-state index contributed by atoms with van der Waals surface area (Å²) in [5, 5.41) is 4.36. The van der Waals surface area contributed by atoms with Crippen molar-refractivity contribution in [2.75, 3.05) is 4.90 Å². The quantitative estimate of drug-likeness (QED) is 0.373. The van der Waals surface area contributed by atoms with Gasteiger partial charge in [-0.3, -0.25) is 4.99 Å². The Balaban J connectivity index is 1.62. The molecule has 36 heavy (non-hydrogen) atoms. The van der Waals surface area contributed by atoms with Crippen LogP contribution in [0.2, 0.25) is 0 Å². The number of hydrogen-bond acceptors (Lipinski definition) is 2. The molecule has 0 bridgehead atoms. The molecule has 2 fully saturated rings. The molecule has 0 unspecified atom stereocenters. The van der Waals surface area contributed by atoms with Gasteiger partial charge in [0, 0.05) is 5.69 Å². The van der Waals surface area contributed by atoms with Crippen LogP contribution in [0.3, 0.4) is 0 Å². The highest BCUT2D eigenvalue weighted by atomic mass is 32.1. The van der Waals surface area contributed by atoms with E-state index >= 15 is 0 Å². The van der Waals surface area contributed by atoms with E-state index in [0.29, 0.717) is 11.3 Å². The van der Waals surface area contributed by atoms with Gasteiger partial charge in [0.05, 0.1) is 0 Å². The first kappa shape index (κ1) is 24.7. The second-order valence-corrected chi connectivity index (χ2v) is 11.9. The molecular formula is C32H37N3S. The zero-order valence-corrected chi connectivity index (χ0v) is 22.7. The summed E-state index contributed by atoms with van der Waals surface area (Å²) >= 11 is 6.01. The van der Waals surface area contributed by atoms with Gasteiger partial charge in [-0.05, 0) is 79.4 Å². The second-order valence-electron chi connectivity index (χ2n) is 11.5. The zero-order chi connectivity index (χ0) is 25.3. The number of anilines is 1. The maximum Gasteiger partial charge on any atom is 0.179 e. The molecular weight excluding hydrogens is 458 g/mol. The molecule has 1 saturated heterocycles. The monoisotopic (exact) mass is 495 g/mol. The van der Waals surface area contributed by atoms with Crippen molar-refractivity contribution in [2.24, 2.45) is 16.3 Å². The van der Waals surface area contributed by atoms with Gasteiger partial charge in [-0.15, -0.1) is 0 Å². The lowest BCUT2D eigenvalue weighted by Crippen LogP contribution is -2.53. The van der Waals surface area contributed by atoms with E-state index < -0.39 is 0 Å². The fourth-order valence-corrected chi connectivity index (χ4v) is 6.32. The van der Waals surface area contributed by atoms with Crippen LogP contribution in [0.25, 0.3) is 0 Å². The number of hydrogen-bond donors (Lipinski definition) is 1. The number of amidine groups is 1. The summed E-state index contributed by atoms with van der Waals surface area (Å²) in [5.74, 6) is 1.70. The van der Waals surface area contributed by atoms with Crippen LogP contribution in [0.1, 0.15) is 69.2 Å². The number of nitrogens with one attached hydrogen (secondary N) is 1. The Kier molecular flexibility index (Phi) is 6.74. The average Bonchev–Trinajstić information content (AvgIpc) is 3.14. The molecule has 0 radical (unpaired) electrons. The summed E-state index contributed by atoms with van der Waals surface area (Å²) in [6.45, 7) is 9.26. The van der Waals surface area contributed by atoms with E-state index in [0.717, 1.165) is 42.3 Å². The Morgan fingerprint density at radius 2 is 1.39 bits per heavy atom. The third kappa shape index (κ3) is 4.71. The lowest BCUT2D eigenvalue weighted by atomic mass is 9.66. The molecule has 3 aromatic rings. The number of rotatable bonds is 4. The Labute approximate surface area is 221 Å². The van der Waals surface area contributed by atoms with Gasteiger partial charge < -0.3 is 10.2 Å². The van der Waals surface area contributed by atoms with Crippen LogP contribution in [-0.4, -0.2) is 16.5 Å². The Bertz CT molecular complexity index is 1180. The summed E-state index contributed by atoms with van der Waals surface area (Å²) in [6, 6.07) is 29.9. The van der Waals surface area contributed by atoms with Crippen molar-refractivity contribution >= 4 is 28.9 Å². The summed E-state index contributed by atoms with van der Waals surface area (Å²) in [6.07, 6.45) is 4.39. The molecule has 186 valence electrons. The van der Waals surface area contributed by atoms with Gasteiger partial charge in [-0.1, -0.05) is 99.1 Å². The molecule has 0 amide bonds. The standard InChI is InChI=1S/C32H37N3S/c1-23-15-17-27(18-16-23)35-30(36)34-29(32(35)21-19-26(20-22-32)31(2,3)4)33-28(24-11-7-5-8-12-24)25-13-9-6-10-14-25/h5-18,26,28H,19-22H2,1-4H3,(H,33,34,36). The molecule has 1 aliphatic heterocycles. The van der Waals surface area contributed by atoms with Gasteiger partial charge in [-0.2, -0.15) is 0 Å². The highest BCUT2D eigenvalue weighted by molar-refractivity contribution is 7.80. The van der Waals surface area contributed by atoms with Gasteiger partial charge in [-0.25, -0.2) is 0 Å². The maximum atomic E-state index is 6.01. The van der Waals surface area contributed by atoms with Gasteiger partial charge >= 0.3 is 0 Å². The number of nitrogens with zero attached hydrogens (tertiary/aromatic N) is 2. The fraction of sp³-hybridized carbons (Fsp3) is 0.375. The van der Waals surface area contributed by atoms with Gasteiger partial charge in [0.25, 0.3) is 0 Å². The van der Waals surface area contributed by atoms with Crippen LogP contribution >= 0.6 is 12.2 Å². The summed E-state index contributed by atoms with van der Waals surface area (Å²) in [7, 11) is 0. The van der Waals surface area contributed by atoms with Crippen LogP contribution in [0.5, 0.6) is 0 Å². The first-order valence-corrected chi connectivity index (χ1v) is 13.5. The summed E-state index contributed by atoms with van der Waals surface area (Å²) in [5.41, 5.74) is 4.83. The minimum Gasteiger partial charge on any atom is -0.319 e. The zero-order valence-electron chi connectivity index (χ0n) is 21.9. The molecule has 2 aliphatic rings. The number of aryl methyl sites for hydroxylation is 1. The third-order valence-electron chi connectivity index (χ3n) is 8.12. The highest BCUT2D eigenvalue weighted by Gasteiger charge is 2.52. The van der Waals surface area contributed by atoms with Crippen molar-refractivity contribution in [3.63, 3.8) is 0 Å². The molecule has 4 heteroatoms. The van der Waals surface area contributed by atoms with Gasteiger partial charge in [0.15, 0.2) is 5.11 Å². The minimum atomic E-state index is -0.254. The van der Waals surface area contributed by atoms with E-state index in [4.69, 9.17) is 17.2 Å². The van der Waals surface area contributed by atoms with Crippen molar-refractivity contribution in [1.82, 2.24) is 5.32 Å².